The summed E-state index contributed by atoms with van der Waals surface area (Å²) in [5, 5.41) is 11.6. The molecule has 2 rings (SSSR count). The molecule has 20 heavy (non-hydrogen) atoms. The summed E-state index contributed by atoms with van der Waals surface area (Å²) < 4.78 is 0. The first-order chi connectivity index (χ1) is 9.58. The van der Waals surface area contributed by atoms with Gasteiger partial charge < -0.3 is 10.4 Å². The number of carbonyl (C=O) groups excluding carboxylic acids is 2. The summed E-state index contributed by atoms with van der Waals surface area (Å²) in [6.45, 7) is 0. The van der Waals surface area contributed by atoms with E-state index in [1.165, 1.54) is 0 Å². The Balaban J connectivity index is 1.87. The van der Waals surface area contributed by atoms with Gasteiger partial charge in [0.1, 0.15) is 0 Å². The number of carboxylic acids is 1. The predicted octanol–water partition coefficient (Wildman–Crippen LogP) is 1.63. The van der Waals surface area contributed by atoms with Gasteiger partial charge in [-0.2, -0.15) is 0 Å². The van der Waals surface area contributed by atoms with Crippen LogP contribution in [0.15, 0.2) is 30.3 Å². The fourth-order valence-corrected chi connectivity index (χ4v) is 2.46. The van der Waals surface area contributed by atoms with Crippen LogP contribution in [0.3, 0.4) is 0 Å². The van der Waals surface area contributed by atoms with Crippen molar-refractivity contribution in [3.05, 3.63) is 35.9 Å². The zero-order valence-electron chi connectivity index (χ0n) is 11.0. The molecule has 1 fully saturated rings. The zero-order valence-corrected chi connectivity index (χ0v) is 11.0. The van der Waals surface area contributed by atoms with Crippen molar-refractivity contribution in [3.63, 3.8) is 0 Å². The molecule has 2 N–H and O–H groups in total. The highest BCUT2D eigenvalue weighted by atomic mass is 16.4. The van der Waals surface area contributed by atoms with Crippen molar-refractivity contribution in [1.82, 2.24) is 5.32 Å². The third-order valence-corrected chi connectivity index (χ3v) is 3.65. The maximum atomic E-state index is 11.9. The van der Waals surface area contributed by atoms with Crippen LogP contribution in [0, 0.1) is 5.92 Å². The van der Waals surface area contributed by atoms with Gasteiger partial charge in [-0.05, 0) is 25.7 Å². The Kier molecular flexibility index (Phi) is 4.50. The summed E-state index contributed by atoms with van der Waals surface area (Å²) in [5.74, 6) is -2.27. The minimum absolute atomic E-state index is 0.106. The molecule has 0 aromatic heterocycles. The number of Topliss-reactive ketones (excluding diaryl/α,β-unsaturated/α-hetero) is 1. The number of hydrogen-bond acceptors (Lipinski definition) is 3. The molecule has 5 heteroatoms. The highest BCUT2D eigenvalue weighted by molar-refractivity contribution is 6.42. The van der Waals surface area contributed by atoms with Gasteiger partial charge in [0.15, 0.2) is 0 Å². The van der Waals surface area contributed by atoms with Gasteiger partial charge in [-0.25, -0.2) is 0 Å². The topological polar surface area (TPSA) is 83.5 Å². The fraction of sp³-hybridized carbons (Fsp3) is 0.400. The second-order valence-corrected chi connectivity index (χ2v) is 5.06. The van der Waals surface area contributed by atoms with Crippen LogP contribution in [-0.4, -0.2) is 28.8 Å². The van der Waals surface area contributed by atoms with Crippen molar-refractivity contribution in [1.29, 1.82) is 0 Å². The maximum Gasteiger partial charge on any atom is 0.306 e. The van der Waals surface area contributed by atoms with Gasteiger partial charge in [-0.1, -0.05) is 30.3 Å². The molecule has 0 spiro atoms. The Labute approximate surface area is 117 Å². The molecule has 5 nitrogen and oxygen atoms in total. The van der Waals surface area contributed by atoms with Crippen LogP contribution in [0.2, 0.25) is 0 Å². The summed E-state index contributed by atoms with van der Waals surface area (Å²) in [5.41, 5.74) is 0.365. The lowest BCUT2D eigenvalue weighted by Crippen LogP contribution is -2.42. The molecule has 0 bridgehead atoms. The third-order valence-electron chi connectivity index (χ3n) is 3.65. The lowest BCUT2D eigenvalue weighted by atomic mass is 9.86. The predicted molar refractivity (Wildman–Crippen MR) is 72.3 cm³/mol. The molecule has 0 heterocycles. The van der Waals surface area contributed by atoms with Crippen LogP contribution in [0.5, 0.6) is 0 Å². The number of carboxylic acid groups (broad SMARTS) is 1. The van der Waals surface area contributed by atoms with Crippen molar-refractivity contribution in [2.45, 2.75) is 31.7 Å². The minimum Gasteiger partial charge on any atom is -0.481 e. The number of nitrogens with one attached hydrogen (secondary N) is 1. The van der Waals surface area contributed by atoms with Gasteiger partial charge in [0.25, 0.3) is 5.91 Å². The molecule has 0 aliphatic heterocycles. The SMILES string of the molecule is O=C(NC1CCC(C(=O)O)CC1)C(=O)c1ccccc1. The summed E-state index contributed by atoms with van der Waals surface area (Å²) in [7, 11) is 0. The van der Waals surface area contributed by atoms with E-state index in [1.54, 1.807) is 30.3 Å². The van der Waals surface area contributed by atoms with Crippen molar-refractivity contribution < 1.29 is 19.5 Å². The Bertz CT molecular complexity index is 504. The van der Waals surface area contributed by atoms with E-state index in [0.717, 1.165) is 0 Å². The molecular weight excluding hydrogens is 258 g/mol. The van der Waals surface area contributed by atoms with Gasteiger partial charge >= 0.3 is 5.97 Å². The first-order valence-electron chi connectivity index (χ1n) is 6.71. The van der Waals surface area contributed by atoms with E-state index >= 15 is 0 Å². The van der Waals surface area contributed by atoms with Crippen molar-refractivity contribution in [2.24, 2.45) is 5.92 Å². The lowest BCUT2D eigenvalue weighted by Gasteiger charge is -2.26. The number of hydrogen-bond donors (Lipinski definition) is 2. The van der Waals surface area contributed by atoms with Crippen LogP contribution < -0.4 is 5.32 Å². The third kappa shape index (κ3) is 3.44. The van der Waals surface area contributed by atoms with E-state index in [-0.39, 0.29) is 12.0 Å². The lowest BCUT2D eigenvalue weighted by molar-refractivity contribution is -0.142. The monoisotopic (exact) mass is 275 g/mol. The van der Waals surface area contributed by atoms with Gasteiger partial charge in [0.2, 0.25) is 5.78 Å². The molecule has 0 saturated heterocycles. The average molecular weight is 275 g/mol. The van der Waals surface area contributed by atoms with Gasteiger partial charge in [-0.3, -0.25) is 14.4 Å². The van der Waals surface area contributed by atoms with E-state index in [2.05, 4.69) is 5.32 Å². The largest absolute Gasteiger partial charge is 0.481 e. The molecule has 1 aliphatic rings. The number of ketones is 1. The van der Waals surface area contributed by atoms with Gasteiger partial charge in [0, 0.05) is 11.6 Å². The van der Waals surface area contributed by atoms with Crippen LogP contribution in [0.25, 0.3) is 0 Å². The summed E-state index contributed by atoms with van der Waals surface area (Å²) in [6, 6.07) is 8.29. The molecule has 1 aromatic rings. The zero-order chi connectivity index (χ0) is 14.5. The van der Waals surface area contributed by atoms with E-state index in [4.69, 9.17) is 5.11 Å². The van der Waals surface area contributed by atoms with Crippen molar-refractivity contribution in [2.75, 3.05) is 0 Å². The standard InChI is InChI=1S/C15H17NO4/c17-13(10-4-2-1-3-5-10)14(18)16-12-8-6-11(7-9-12)15(19)20/h1-5,11-12H,6-9H2,(H,16,18)(H,19,20). The minimum atomic E-state index is -0.782. The summed E-state index contributed by atoms with van der Waals surface area (Å²) in [6.07, 6.45) is 2.29. The quantitative estimate of drug-likeness (QED) is 0.646. The summed E-state index contributed by atoms with van der Waals surface area (Å²) in [4.78, 5) is 34.6. The Morgan fingerprint density at radius 3 is 2.15 bits per heavy atom. The molecule has 1 saturated carbocycles. The molecule has 1 amide bonds. The number of amides is 1. The maximum absolute atomic E-state index is 11.9. The van der Waals surface area contributed by atoms with Gasteiger partial charge in [-0.15, -0.1) is 0 Å². The fourth-order valence-electron chi connectivity index (χ4n) is 2.46. The highest BCUT2D eigenvalue weighted by Gasteiger charge is 2.28. The van der Waals surface area contributed by atoms with Gasteiger partial charge in [0.05, 0.1) is 5.92 Å². The Hall–Kier alpha value is -2.17. The first kappa shape index (κ1) is 14.2. The van der Waals surface area contributed by atoms with Crippen LogP contribution in [0.4, 0.5) is 0 Å². The van der Waals surface area contributed by atoms with Crippen molar-refractivity contribution >= 4 is 17.7 Å². The molecule has 1 aliphatic carbocycles. The second kappa shape index (κ2) is 6.32. The van der Waals surface area contributed by atoms with Crippen molar-refractivity contribution in [3.8, 4) is 0 Å². The molecular formula is C15H17NO4. The van der Waals surface area contributed by atoms with E-state index < -0.39 is 17.7 Å². The Morgan fingerprint density at radius 2 is 1.60 bits per heavy atom. The Morgan fingerprint density at radius 1 is 1.00 bits per heavy atom. The smallest absolute Gasteiger partial charge is 0.306 e. The number of rotatable bonds is 4. The first-order valence-corrected chi connectivity index (χ1v) is 6.71. The molecule has 0 radical (unpaired) electrons. The van der Waals surface area contributed by atoms with Crippen LogP contribution >= 0.6 is 0 Å². The normalized spacial score (nSPS) is 22.0. The van der Waals surface area contributed by atoms with E-state index in [9.17, 15) is 14.4 Å². The number of aliphatic carboxylic acids is 1. The summed E-state index contributed by atoms with van der Waals surface area (Å²) >= 11 is 0. The van der Waals surface area contributed by atoms with E-state index in [1.807, 2.05) is 0 Å². The van der Waals surface area contributed by atoms with Crippen LogP contribution in [0.1, 0.15) is 36.0 Å². The molecule has 0 atom stereocenters. The number of benzene rings is 1. The average Bonchev–Trinajstić information content (AvgIpc) is 2.48. The highest BCUT2D eigenvalue weighted by Crippen LogP contribution is 2.24. The molecule has 0 unspecified atom stereocenters. The van der Waals surface area contributed by atoms with E-state index in [0.29, 0.717) is 31.2 Å². The molecule has 1 aromatic carbocycles. The van der Waals surface area contributed by atoms with Crippen LogP contribution in [-0.2, 0) is 9.59 Å². The molecule has 106 valence electrons. The second-order valence-electron chi connectivity index (χ2n) is 5.06. The number of carbonyl (C=O) groups is 3.